The molecule has 0 aliphatic carbocycles. The van der Waals surface area contributed by atoms with Crippen molar-refractivity contribution in [2.75, 3.05) is 5.32 Å². The minimum Gasteiger partial charge on any atom is -0.326 e. The monoisotopic (exact) mass is 569 g/mol. The second kappa shape index (κ2) is 16.2. The maximum Gasteiger partial charge on any atom is 0.295 e. The molecular formula is C28H43NO7S2. The summed E-state index contributed by atoms with van der Waals surface area (Å²) in [6.07, 6.45) is 19.0. The van der Waals surface area contributed by atoms with E-state index in [2.05, 4.69) is 12.2 Å². The standard InChI is InChI=1S/C28H43NO7S2/c1-2-3-4-5-6-7-8-9-10-11-12-13-14-15-16-17-28(30)29-24-19-18-23-20-25(37(31,32)33)22-27(26(23)21-24)38(34,35)36/h18-22H,2-17H2,1H3,(H,29,30)(H,31,32,33)(H,34,35,36). The van der Waals surface area contributed by atoms with Gasteiger partial charge in [-0.25, -0.2) is 0 Å². The molecule has 0 aromatic heterocycles. The van der Waals surface area contributed by atoms with Crippen molar-refractivity contribution >= 4 is 42.6 Å². The molecule has 0 aliphatic heterocycles. The van der Waals surface area contributed by atoms with Crippen molar-refractivity contribution < 1.29 is 30.7 Å². The zero-order valence-electron chi connectivity index (χ0n) is 22.5. The van der Waals surface area contributed by atoms with Gasteiger partial charge < -0.3 is 5.32 Å². The third-order valence-corrected chi connectivity index (χ3v) is 8.48. The van der Waals surface area contributed by atoms with E-state index >= 15 is 0 Å². The molecule has 0 heterocycles. The molecule has 0 unspecified atom stereocenters. The molecule has 2 aromatic rings. The summed E-state index contributed by atoms with van der Waals surface area (Å²) in [5.41, 5.74) is 0.327. The van der Waals surface area contributed by atoms with Crippen molar-refractivity contribution in [3.63, 3.8) is 0 Å². The Kier molecular flexibility index (Phi) is 13.7. The van der Waals surface area contributed by atoms with Gasteiger partial charge in [-0.1, -0.05) is 103 Å². The lowest BCUT2D eigenvalue weighted by Gasteiger charge is -2.10. The maximum atomic E-state index is 12.4. The van der Waals surface area contributed by atoms with Crippen LogP contribution in [-0.4, -0.2) is 31.8 Å². The Balaban J connectivity index is 1.69. The van der Waals surface area contributed by atoms with E-state index in [1.54, 1.807) is 0 Å². The number of hydrogen-bond acceptors (Lipinski definition) is 5. The number of nitrogens with one attached hydrogen (secondary N) is 1. The van der Waals surface area contributed by atoms with Crippen LogP contribution in [-0.2, 0) is 25.0 Å². The topological polar surface area (TPSA) is 138 Å². The first-order valence-electron chi connectivity index (χ1n) is 13.8. The summed E-state index contributed by atoms with van der Waals surface area (Å²) in [6.45, 7) is 2.24. The Bertz CT molecular complexity index is 1240. The van der Waals surface area contributed by atoms with Gasteiger partial charge in [-0.3, -0.25) is 13.9 Å². The van der Waals surface area contributed by atoms with Crippen LogP contribution in [0, 0.1) is 0 Å². The molecule has 0 spiro atoms. The van der Waals surface area contributed by atoms with Gasteiger partial charge in [0.1, 0.15) is 4.90 Å². The van der Waals surface area contributed by atoms with Crippen LogP contribution in [0.2, 0.25) is 0 Å². The molecule has 8 nitrogen and oxygen atoms in total. The van der Waals surface area contributed by atoms with Gasteiger partial charge >= 0.3 is 0 Å². The highest BCUT2D eigenvalue weighted by molar-refractivity contribution is 7.86. The molecule has 0 aliphatic rings. The molecule has 0 radical (unpaired) electrons. The van der Waals surface area contributed by atoms with Crippen LogP contribution in [0.25, 0.3) is 10.8 Å². The van der Waals surface area contributed by atoms with Gasteiger partial charge in [0.05, 0.1) is 4.90 Å². The summed E-state index contributed by atoms with van der Waals surface area (Å²) in [5, 5.41) is 2.93. The second-order valence-corrected chi connectivity index (χ2v) is 12.9. The number of fused-ring (bicyclic) bond motifs is 1. The molecular weight excluding hydrogens is 526 g/mol. The van der Waals surface area contributed by atoms with E-state index in [1.807, 2.05) is 0 Å². The van der Waals surface area contributed by atoms with Gasteiger partial charge in [-0.15, -0.1) is 0 Å². The molecule has 2 rings (SSSR count). The molecule has 3 N–H and O–H groups in total. The average Bonchev–Trinajstić information content (AvgIpc) is 2.84. The molecule has 214 valence electrons. The summed E-state index contributed by atoms with van der Waals surface area (Å²) < 4.78 is 65.4. The van der Waals surface area contributed by atoms with Crippen molar-refractivity contribution in [3.8, 4) is 0 Å². The van der Waals surface area contributed by atoms with E-state index in [0.29, 0.717) is 18.2 Å². The number of benzene rings is 2. The number of unbranched alkanes of at least 4 members (excludes halogenated alkanes) is 14. The van der Waals surface area contributed by atoms with Gasteiger partial charge in [-0.2, -0.15) is 16.8 Å². The first-order valence-corrected chi connectivity index (χ1v) is 16.7. The first-order chi connectivity index (χ1) is 18.0. The Morgan fingerprint density at radius 3 is 1.66 bits per heavy atom. The van der Waals surface area contributed by atoms with E-state index in [-0.39, 0.29) is 16.7 Å². The maximum absolute atomic E-state index is 12.4. The molecule has 0 bridgehead atoms. The summed E-state index contributed by atoms with van der Waals surface area (Å²) >= 11 is 0. The summed E-state index contributed by atoms with van der Waals surface area (Å²) in [5.74, 6) is -0.206. The fourth-order valence-corrected chi connectivity index (χ4v) is 5.97. The van der Waals surface area contributed by atoms with Crippen LogP contribution in [0.15, 0.2) is 40.1 Å². The molecule has 0 saturated carbocycles. The van der Waals surface area contributed by atoms with E-state index in [9.17, 15) is 30.7 Å². The Labute approximate surface area is 228 Å². The Morgan fingerprint density at radius 1 is 0.684 bits per heavy atom. The summed E-state index contributed by atoms with van der Waals surface area (Å²) in [4.78, 5) is 11.0. The molecule has 0 saturated heterocycles. The number of hydrogen-bond donors (Lipinski definition) is 3. The fourth-order valence-electron chi connectivity index (χ4n) is 4.62. The highest BCUT2D eigenvalue weighted by Gasteiger charge is 2.20. The lowest BCUT2D eigenvalue weighted by molar-refractivity contribution is -0.116. The van der Waals surface area contributed by atoms with Crippen molar-refractivity contribution in [1.82, 2.24) is 0 Å². The number of anilines is 1. The van der Waals surface area contributed by atoms with E-state index < -0.39 is 30.0 Å². The summed E-state index contributed by atoms with van der Waals surface area (Å²) in [6, 6.07) is 6.07. The van der Waals surface area contributed by atoms with Crippen LogP contribution in [0.1, 0.15) is 110 Å². The smallest absolute Gasteiger partial charge is 0.295 e. The molecule has 1 amide bonds. The summed E-state index contributed by atoms with van der Waals surface area (Å²) in [7, 11) is -9.46. The van der Waals surface area contributed by atoms with Crippen molar-refractivity contribution in [1.29, 1.82) is 0 Å². The van der Waals surface area contributed by atoms with Crippen molar-refractivity contribution in [2.24, 2.45) is 0 Å². The second-order valence-electron chi connectivity index (χ2n) is 10.1. The predicted octanol–water partition coefficient (Wildman–Crippen LogP) is 7.53. The van der Waals surface area contributed by atoms with E-state index in [1.165, 1.54) is 95.2 Å². The van der Waals surface area contributed by atoms with E-state index in [4.69, 9.17) is 0 Å². The fraction of sp³-hybridized carbons (Fsp3) is 0.607. The molecule has 2 aromatic carbocycles. The number of carbonyl (C=O) groups is 1. The van der Waals surface area contributed by atoms with Crippen LogP contribution >= 0.6 is 0 Å². The molecule has 10 heteroatoms. The molecule has 38 heavy (non-hydrogen) atoms. The minimum atomic E-state index is -4.78. The van der Waals surface area contributed by atoms with Gasteiger partial charge in [0.15, 0.2) is 0 Å². The lowest BCUT2D eigenvalue weighted by atomic mass is 10.0. The normalized spacial score (nSPS) is 12.2. The van der Waals surface area contributed by atoms with Gasteiger partial charge in [0.2, 0.25) is 5.91 Å². The average molecular weight is 570 g/mol. The van der Waals surface area contributed by atoms with E-state index in [0.717, 1.165) is 25.3 Å². The van der Waals surface area contributed by atoms with Crippen LogP contribution in [0.4, 0.5) is 5.69 Å². The Morgan fingerprint density at radius 2 is 1.18 bits per heavy atom. The number of amides is 1. The number of rotatable bonds is 19. The lowest BCUT2D eigenvalue weighted by Crippen LogP contribution is -2.11. The third-order valence-electron chi connectivity index (χ3n) is 6.76. The molecule has 0 atom stereocenters. The first kappa shape index (κ1) is 32.2. The SMILES string of the molecule is CCCCCCCCCCCCCCCCCC(=O)Nc1ccc2cc(S(=O)(=O)O)cc(S(=O)(=O)O)c2c1. The quantitative estimate of drug-likeness (QED) is 0.117. The van der Waals surface area contributed by atoms with Gasteiger partial charge in [-0.05, 0) is 36.1 Å². The Hall–Kier alpha value is -2.01. The van der Waals surface area contributed by atoms with Crippen molar-refractivity contribution in [3.05, 3.63) is 30.3 Å². The zero-order chi connectivity index (χ0) is 28.0. The largest absolute Gasteiger partial charge is 0.326 e. The third kappa shape index (κ3) is 11.8. The van der Waals surface area contributed by atoms with Crippen molar-refractivity contribution in [2.45, 2.75) is 119 Å². The minimum absolute atomic E-state index is 0.0321. The zero-order valence-corrected chi connectivity index (χ0v) is 24.1. The highest BCUT2D eigenvalue weighted by atomic mass is 32.2. The predicted molar refractivity (Wildman–Crippen MR) is 152 cm³/mol. The highest BCUT2D eigenvalue weighted by Crippen LogP contribution is 2.29. The van der Waals surface area contributed by atoms with Crippen LogP contribution in [0.3, 0.4) is 0 Å². The van der Waals surface area contributed by atoms with Crippen LogP contribution < -0.4 is 5.32 Å². The van der Waals surface area contributed by atoms with Gasteiger partial charge in [0, 0.05) is 17.5 Å². The molecule has 0 fully saturated rings. The van der Waals surface area contributed by atoms with Gasteiger partial charge in [0.25, 0.3) is 20.2 Å². The number of carbonyl (C=O) groups excluding carboxylic acids is 1. The van der Waals surface area contributed by atoms with Crippen LogP contribution in [0.5, 0.6) is 0 Å².